The summed E-state index contributed by atoms with van der Waals surface area (Å²) in [5.41, 5.74) is 0.541. The number of carbonyl (C=O) groups is 1. The summed E-state index contributed by atoms with van der Waals surface area (Å²) in [5, 5.41) is 2.83. The Bertz CT molecular complexity index is 689. The number of rotatable bonds is 6. The summed E-state index contributed by atoms with van der Waals surface area (Å²) in [6.45, 7) is 1.70. The Morgan fingerprint density at radius 2 is 1.79 bits per heavy atom. The molecule has 7 heteroatoms. The number of aromatic nitrogens is 2. The molecular weight excluding hydrogens is 306 g/mol. The third-order valence-corrected chi connectivity index (χ3v) is 3.26. The number of anilines is 3. The van der Waals surface area contributed by atoms with Gasteiger partial charge in [0.1, 0.15) is 11.4 Å². The number of para-hydroxylation sites is 1. The molecule has 1 N–H and O–H groups in total. The second kappa shape index (κ2) is 7.63. The number of ether oxygens (including phenoxy) is 1. The highest BCUT2D eigenvalue weighted by molar-refractivity contribution is 5.96. The van der Waals surface area contributed by atoms with Gasteiger partial charge in [0.25, 0.3) is 5.91 Å². The first-order valence-electron chi connectivity index (χ1n) is 7.62. The zero-order chi connectivity index (χ0) is 17.7. The smallest absolute Gasteiger partial charge is 0.265 e. The summed E-state index contributed by atoms with van der Waals surface area (Å²) >= 11 is 0. The van der Waals surface area contributed by atoms with Crippen LogP contribution < -0.4 is 19.9 Å². The number of hydrogen-bond donors (Lipinski definition) is 1. The molecule has 7 nitrogen and oxygen atoms in total. The Labute approximate surface area is 142 Å². The van der Waals surface area contributed by atoms with E-state index in [1.54, 1.807) is 18.0 Å². The van der Waals surface area contributed by atoms with Gasteiger partial charge in [-0.1, -0.05) is 18.2 Å². The average molecular weight is 329 g/mol. The number of carbonyl (C=O) groups excluding carboxylic acids is 1. The average Bonchev–Trinajstić information content (AvgIpc) is 2.55. The van der Waals surface area contributed by atoms with Gasteiger partial charge in [0.05, 0.1) is 6.20 Å². The molecule has 2 aromatic rings. The molecular formula is C17H23N5O2. The van der Waals surface area contributed by atoms with Crippen LogP contribution in [0.1, 0.15) is 6.92 Å². The third-order valence-electron chi connectivity index (χ3n) is 3.26. The van der Waals surface area contributed by atoms with Crippen LogP contribution in [0.25, 0.3) is 0 Å². The lowest BCUT2D eigenvalue weighted by atomic mass is 10.3. The van der Waals surface area contributed by atoms with Gasteiger partial charge in [0.2, 0.25) is 5.95 Å². The molecule has 2 rings (SSSR count). The highest BCUT2D eigenvalue weighted by atomic mass is 16.5. The molecule has 0 radical (unpaired) electrons. The van der Waals surface area contributed by atoms with Gasteiger partial charge < -0.3 is 19.9 Å². The molecule has 1 heterocycles. The van der Waals surface area contributed by atoms with Crippen LogP contribution in [0.15, 0.2) is 36.5 Å². The van der Waals surface area contributed by atoms with Crippen molar-refractivity contribution < 1.29 is 9.53 Å². The molecule has 0 aliphatic heterocycles. The van der Waals surface area contributed by atoms with Crippen LogP contribution >= 0.6 is 0 Å². The van der Waals surface area contributed by atoms with Crippen molar-refractivity contribution in [1.29, 1.82) is 0 Å². The first-order valence-corrected chi connectivity index (χ1v) is 7.62. The van der Waals surface area contributed by atoms with E-state index < -0.39 is 6.10 Å². The molecule has 0 spiro atoms. The van der Waals surface area contributed by atoms with Crippen molar-refractivity contribution in [2.24, 2.45) is 0 Å². The summed E-state index contributed by atoms with van der Waals surface area (Å²) in [6.07, 6.45) is 0.959. The molecule has 0 unspecified atom stereocenters. The molecule has 128 valence electrons. The van der Waals surface area contributed by atoms with Crippen molar-refractivity contribution in [1.82, 2.24) is 9.97 Å². The number of benzene rings is 1. The summed E-state index contributed by atoms with van der Waals surface area (Å²) in [7, 11) is 7.45. The monoisotopic (exact) mass is 329 g/mol. The SMILES string of the molecule is C[C@H](Oc1ccccc1)C(=O)Nc1cnc(N(C)C)nc1N(C)C. The van der Waals surface area contributed by atoms with Crippen LogP contribution in [0, 0.1) is 0 Å². The number of nitrogens with one attached hydrogen (secondary N) is 1. The van der Waals surface area contributed by atoms with Crippen LogP contribution in [0.4, 0.5) is 17.5 Å². The van der Waals surface area contributed by atoms with Gasteiger partial charge in [-0.25, -0.2) is 4.98 Å². The van der Waals surface area contributed by atoms with Gasteiger partial charge in [-0.2, -0.15) is 4.98 Å². The van der Waals surface area contributed by atoms with E-state index in [0.29, 0.717) is 23.2 Å². The molecule has 1 aromatic carbocycles. The Morgan fingerprint density at radius 3 is 2.38 bits per heavy atom. The van der Waals surface area contributed by atoms with Crippen molar-refractivity contribution in [3.05, 3.63) is 36.5 Å². The fraction of sp³-hybridized carbons (Fsp3) is 0.353. The Morgan fingerprint density at radius 1 is 1.12 bits per heavy atom. The predicted molar refractivity (Wildman–Crippen MR) is 95.8 cm³/mol. The fourth-order valence-corrected chi connectivity index (χ4v) is 2.00. The maximum Gasteiger partial charge on any atom is 0.265 e. The maximum absolute atomic E-state index is 12.4. The highest BCUT2D eigenvalue weighted by Crippen LogP contribution is 2.23. The van der Waals surface area contributed by atoms with Crippen LogP contribution in [0.5, 0.6) is 5.75 Å². The Hall–Kier alpha value is -2.83. The van der Waals surface area contributed by atoms with Gasteiger partial charge in [0, 0.05) is 28.2 Å². The summed E-state index contributed by atoms with van der Waals surface area (Å²) < 4.78 is 5.64. The van der Waals surface area contributed by atoms with E-state index in [1.165, 1.54) is 0 Å². The van der Waals surface area contributed by atoms with E-state index in [-0.39, 0.29) is 5.91 Å². The summed E-state index contributed by atoms with van der Waals surface area (Å²) in [5.74, 6) is 1.59. The van der Waals surface area contributed by atoms with Gasteiger partial charge >= 0.3 is 0 Å². The van der Waals surface area contributed by atoms with Crippen LogP contribution in [0.3, 0.4) is 0 Å². The minimum absolute atomic E-state index is 0.261. The number of hydrogen-bond acceptors (Lipinski definition) is 6. The van der Waals surface area contributed by atoms with Gasteiger partial charge in [-0.15, -0.1) is 0 Å². The first kappa shape index (κ1) is 17.5. The lowest BCUT2D eigenvalue weighted by Gasteiger charge is -2.20. The van der Waals surface area contributed by atoms with Crippen LogP contribution in [0.2, 0.25) is 0 Å². The molecule has 0 saturated heterocycles. The van der Waals surface area contributed by atoms with Gasteiger partial charge in [0.15, 0.2) is 11.9 Å². The molecule has 0 aliphatic rings. The van der Waals surface area contributed by atoms with Crippen molar-refractivity contribution in [2.45, 2.75) is 13.0 Å². The van der Waals surface area contributed by atoms with Crippen LogP contribution in [-0.4, -0.2) is 50.2 Å². The molecule has 0 bridgehead atoms. The molecule has 1 atom stereocenters. The predicted octanol–water partition coefficient (Wildman–Crippen LogP) is 2.01. The molecule has 0 saturated carbocycles. The van der Waals surface area contributed by atoms with E-state index in [1.807, 2.05) is 63.4 Å². The topological polar surface area (TPSA) is 70.6 Å². The van der Waals surface area contributed by atoms with Crippen molar-refractivity contribution in [3.8, 4) is 5.75 Å². The third kappa shape index (κ3) is 4.34. The van der Waals surface area contributed by atoms with E-state index in [2.05, 4.69) is 15.3 Å². The summed E-state index contributed by atoms with van der Waals surface area (Å²) in [6, 6.07) is 9.23. The first-order chi connectivity index (χ1) is 11.4. The second-order valence-corrected chi connectivity index (χ2v) is 5.76. The Balaban J connectivity index is 2.13. The van der Waals surface area contributed by atoms with Crippen molar-refractivity contribution in [2.75, 3.05) is 43.3 Å². The second-order valence-electron chi connectivity index (χ2n) is 5.76. The minimum atomic E-state index is -0.643. The lowest BCUT2D eigenvalue weighted by Crippen LogP contribution is -2.31. The number of nitrogens with zero attached hydrogens (tertiary/aromatic N) is 4. The molecule has 1 amide bonds. The van der Waals surface area contributed by atoms with Crippen LogP contribution in [-0.2, 0) is 4.79 Å². The van der Waals surface area contributed by atoms with Crippen molar-refractivity contribution in [3.63, 3.8) is 0 Å². The largest absolute Gasteiger partial charge is 0.481 e. The normalized spacial score (nSPS) is 11.5. The molecule has 0 fully saturated rings. The molecule has 24 heavy (non-hydrogen) atoms. The van der Waals surface area contributed by atoms with E-state index in [9.17, 15) is 4.79 Å². The molecule has 0 aliphatic carbocycles. The molecule has 1 aromatic heterocycles. The fourth-order valence-electron chi connectivity index (χ4n) is 2.00. The lowest BCUT2D eigenvalue weighted by molar-refractivity contribution is -0.122. The quantitative estimate of drug-likeness (QED) is 0.874. The number of amides is 1. The van der Waals surface area contributed by atoms with Gasteiger partial charge in [-0.05, 0) is 19.1 Å². The highest BCUT2D eigenvalue weighted by Gasteiger charge is 2.18. The van der Waals surface area contributed by atoms with Gasteiger partial charge in [-0.3, -0.25) is 4.79 Å². The van der Waals surface area contributed by atoms with E-state index in [4.69, 9.17) is 4.74 Å². The minimum Gasteiger partial charge on any atom is -0.481 e. The Kier molecular flexibility index (Phi) is 5.57. The zero-order valence-corrected chi connectivity index (χ0v) is 14.6. The van der Waals surface area contributed by atoms with E-state index >= 15 is 0 Å². The maximum atomic E-state index is 12.4. The van der Waals surface area contributed by atoms with E-state index in [0.717, 1.165) is 0 Å². The zero-order valence-electron chi connectivity index (χ0n) is 14.6. The summed E-state index contributed by atoms with van der Waals surface area (Å²) in [4.78, 5) is 24.7. The standard InChI is InChI=1S/C17H23N5O2/c1-12(24-13-9-7-6-8-10-13)16(23)19-14-11-18-17(22(4)5)20-15(14)21(2)3/h6-12H,1-5H3,(H,19,23)/t12-/m0/s1. The van der Waals surface area contributed by atoms with Crippen molar-refractivity contribution >= 4 is 23.4 Å².